The molecule has 3 rings (SSSR count). The molecule has 0 aliphatic heterocycles. The summed E-state index contributed by atoms with van der Waals surface area (Å²) in [5, 5.41) is 4.00. The number of thioether (sulfide) groups is 1. The second-order valence-electron chi connectivity index (χ2n) is 8.09. The summed E-state index contributed by atoms with van der Waals surface area (Å²) in [6.07, 6.45) is 0.769. The molecule has 0 aliphatic carbocycles. The number of rotatable bonds is 11. The third kappa shape index (κ3) is 7.64. The molecule has 0 heterocycles. The number of carbonyl (C=O) groups excluding carboxylic acids is 1. The summed E-state index contributed by atoms with van der Waals surface area (Å²) in [6.45, 7) is 3.75. The predicted octanol–water partition coefficient (Wildman–Crippen LogP) is 6.25. The molecule has 5 nitrogen and oxygen atoms in total. The molecular formula is C26H28Cl2N2O3S2. The summed E-state index contributed by atoms with van der Waals surface area (Å²) in [5.41, 5.74) is 3.11. The zero-order valence-electron chi connectivity index (χ0n) is 19.6. The van der Waals surface area contributed by atoms with E-state index in [9.17, 15) is 13.2 Å². The lowest BCUT2D eigenvalue weighted by Crippen LogP contribution is -2.41. The van der Waals surface area contributed by atoms with E-state index >= 15 is 0 Å². The molecule has 1 amide bonds. The molecule has 0 bridgehead atoms. The van der Waals surface area contributed by atoms with Gasteiger partial charge in [0.15, 0.2) is 0 Å². The van der Waals surface area contributed by atoms with Gasteiger partial charge in [0.1, 0.15) is 6.54 Å². The minimum Gasteiger partial charge on any atom is -0.354 e. The number of hydrogen-bond acceptors (Lipinski definition) is 4. The number of anilines is 1. The van der Waals surface area contributed by atoms with Crippen molar-refractivity contribution in [2.24, 2.45) is 0 Å². The van der Waals surface area contributed by atoms with Crippen molar-refractivity contribution >= 4 is 56.6 Å². The number of nitrogens with one attached hydrogen (secondary N) is 1. The van der Waals surface area contributed by atoms with E-state index in [1.165, 1.54) is 5.56 Å². The van der Waals surface area contributed by atoms with E-state index in [-0.39, 0.29) is 17.3 Å². The Balaban J connectivity index is 1.63. The number of nitrogens with zero attached hydrogens (tertiary/aromatic N) is 1. The molecule has 0 aliphatic rings. The van der Waals surface area contributed by atoms with Crippen molar-refractivity contribution in [2.45, 2.75) is 30.9 Å². The first-order valence-electron chi connectivity index (χ1n) is 11.1. The maximum absolute atomic E-state index is 13.5. The van der Waals surface area contributed by atoms with Gasteiger partial charge in [-0.25, -0.2) is 8.42 Å². The number of hydrogen-bond donors (Lipinski definition) is 1. The van der Waals surface area contributed by atoms with E-state index in [1.807, 2.05) is 31.2 Å². The Morgan fingerprint density at radius 2 is 1.66 bits per heavy atom. The van der Waals surface area contributed by atoms with Gasteiger partial charge in [0, 0.05) is 22.3 Å². The van der Waals surface area contributed by atoms with Crippen LogP contribution in [-0.2, 0) is 20.6 Å². The molecule has 0 unspecified atom stereocenters. The predicted molar refractivity (Wildman–Crippen MR) is 147 cm³/mol. The molecule has 1 N–H and O–H groups in total. The second-order valence-corrected chi connectivity index (χ2v) is 11.9. The summed E-state index contributed by atoms with van der Waals surface area (Å²) in [7, 11) is -3.98. The Morgan fingerprint density at radius 3 is 2.34 bits per heavy atom. The van der Waals surface area contributed by atoms with Crippen molar-refractivity contribution in [2.75, 3.05) is 23.1 Å². The highest BCUT2D eigenvalue weighted by Gasteiger charge is 2.28. The third-order valence-electron chi connectivity index (χ3n) is 5.37. The zero-order chi connectivity index (χ0) is 25.4. The maximum atomic E-state index is 13.5. The van der Waals surface area contributed by atoms with Crippen LogP contribution < -0.4 is 9.62 Å². The summed E-state index contributed by atoms with van der Waals surface area (Å²) >= 11 is 13.9. The van der Waals surface area contributed by atoms with Gasteiger partial charge in [0.2, 0.25) is 5.91 Å². The molecule has 0 atom stereocenters. The minimum absolute atomic E-state index is 0.119. The lowest BCUT2D eigenvalue weighted by molar-refractivity contribution is -0.119. The molecule has 9 heteroatoms. The summed E-state index contributed by atoms with van der Waals surface area (Å²) in [5.74, 6) is 1.35. The van der Waals surface area contributed by atoms with Gasteiger partial charge in [-0.15, -0.1) is 0 Å². The van der Waals surface area contributed by atoms with Crippen LogP contribution in [0.1, 0.15) is 23.1 Å². The minimum atomic E-state index is -3.98. The lowest BCUT2D eigenvalue weighted by atomic mass is 10.2. The van der Waals surface area contributed by atoms with Crippen molar-refractivity contribution in [3.63, 3.8) is 0 Å². The van der Waals surface area contributed by atoms with Crippen LogP contribution in [0.5, 0.6) is 0 Å². The Hall–Kier alpha value is -2.19. The first-order valence-corrected chi connectivity index (χ1v) is 14.5. The molecule has 0 saturated carbocycles. The van der Waals surface area contributed by atoms with Crippen LogP contribution in [-0.4, -0.2) is 33.2 Å². The molecule has 3 aromatic rings. The van der Waals surface area contributed by atoms with Gasteiger partial charge in [-0.3, -0.25) is 9.10 Å². The SMILES string of the molecule is Cc1ccc(S(=O)(=O)N(CC(=O)NCCCSCc2ccc(Cl)cc2)c2cccc(Cl)c2C)cc1. The van der Waals surface area contributed by atoms with E-state index in [0.29, 0.717) is 27.8 Å². The summed E-state index contributed by atoms with van der Waals surface area (Å²) < 4.78 is 28.1. The first-order chi connectivity index (χ1) is 16.7. The van der Waals surface area contributed by atoms with Crippen molar-refractivity contribution in [1.29, 1.82) is 0 Å². The molecule has 0 aromatic heterocycles. The van der Waals surface area contributed by atoms with E-state index in [2.05, 4.69) is 5.32 Å². The molecule has 186 valence electrons. The summed E-state index contributed by atoms with van der Waals surface area (Å²) in [6, 6.07) is 19.3. The molecule has 0 saturated heterocycles. The smallest absolute Gasteiger partial charge is 0.264 e. The van der Waals surface area contributed by atoms with Crippen LogP contribution >= 0.6 is 35.0 Å². The van der Waals surface area contributed by atoms with Gasteiger partial charge in [0.05, 0.1) is 10.6 Å². The zero-order valence-corrected chi connectivity index (χ0v) is 22.8. The lowest BCUT2D eigenvalue weighted by Gasteiger charge is -2.26. The Labute approximate surface area is 221 Å². The number of halogens is 2. The fraction of sp³-hybridized carbons (Fsp3) is 0.269. The van der Waals surface area contributed by atoms with Gasteiger partial charge in [-0.05, 0) is 73.5 Å². The van der Waals surface area contributed by atoms with Crippen LogP contribution in [0.15, 0.2) is 71.6 Å². The maximum Gasteiger partial charge on any atom is 0.264 e. The third-order valence-corrected chi connectivity index (χ3v) is 8.92. The molecule has 0 spiro atoms. The average molecular weight is 552 g/mol. The number of carbonyl (C=O) groups is 1. The topological polar surface area (TPSA) is 66.5 Å². The average Bonchev–Trinajstić information content (AvgIpc) is 2.83. The summed E-state index contributed by atoms with van der Waals surface area (Å²) in [4.78, 5) is 12.9. The molecule has 35 heavy (non-hydrogen) atoms. The fourth-order valence-corrected chi connectivity index (χ4v) is 6.06. The van der Waals surface area contributed by atoms with E-state index in [0.717, 1.165) is 27.8 Å². The highest BCUT2D eigenvalue weighted by molar-refractivity contribution is 7.98. The van der Waals surface area contributed by atoms with Gasteiger partial charge in [-0.1, -0.05) is 59.1 Å². The van der Waals surface area contributed by atoms with Crippen molar-refractivity contribution in [1.82, 2.24) is 5.32 Å². The largest absolute Gasteiger partial charge is 0.354 e. The van der Waals surface area contributed by atoms with E-state index in [1.54, 1.807) is 61.2 Å². The van der Waals surface area contributed by atoms with E-state index in [4.69, 9.17) is 23.2 Å². The fourth-order valence-electron chi connectivity index (χ4n) is 3.36. The second kappa shape index (κ2) is 12.7. The van der Waals surface area contributed by atoms with Crippen LogP contribution in [0.4, 0.5) is 5.69 Å². The Bertz CT molecular complexity index is 1250. The van der Waals surface area contributed by atoms with E-state index < -0.39 is 10.0 Å². The van der Waals surface area contributed by atoms with Gasteiger partial charge in [0.25, 0.3) is 10.0 Å². The molecule has 3 aromatic carbocycles. The van der Waals surface area contributed by atoms with Crippen molar-refractivity contribution in [3.05, 3.63) is 93.5 Å². The van der Waals surface area contributed by atoms with Gasteiger partial charge >= 0.3 is 0 Å². The monoisotopic (exact) mass is 550 g/mol. The van der Waals surface area contributed by atoms with Crippen LogP contribution in [0.2, 0.25) is 10.0 Å². The number of benzene rings is 3. The normalized spacial score (nSPS) is 11.3. The number of aryl methyl sites for hydroxylation is 1. The number of sulfonamides is 1. The standard InChI is InChI=1S/C26H28Cl2N2O3S2/c1-19-7-13-23(14-8-19)35(32,33)30(25-6-3-5-24(28)20(25)2)17-26(31)29-15-4-16-34-18-21-9-11-22(27)12-10-21/h3,5-14H,4,15-18H2,1-2H3,(H,29,31). The molecule has 0 fully saturated rings. The molecule has 0 radical (unpaired) electrons. The van der Waals surface area contributed by atoms with Gasteiger partial charge < -0.3 is 5.32 Å². The van der Waals surface area contributed by atoms with Crippen molar-refractivity contribution < 1.29 is 13.2 Å². The first kappa shape index (κ1) is 27.4. The molecular weight excluding hydrogens is 523 g/mol. The van der Waals surface area contributed by atoms with Crippen LogP contribution in [0, 0.1) is 13.8 Å². The number of amides is 1. The van der Waals surface area contributed by atoms with Gasteiger partial charge in [-0.2, -0.15) is 11.8 Å². The van der Waals surface area contributed by atoms with Crippen LogP contribution in [0.3, 0.4) is 0 Å². The Kier molecular flexibility index (Phi) is 9.92. The van der Waals surface area contributed by atoms with Crippen LogP contribution in [0.25, 0.3) is 0 Å². The highest BCUT2D eigenvalue weighted by Crippen LogP contribution is 2.30. The highest BCUT2D eigenvalue weighted by atomic mass is 35.5. The quantitative estimate of drug-likeness (QED) is 0.287. The van der Waals surface area contributed by atoms with Crippen molar-refractivity contribution in [3.8, 4) is 0 Å². The Morgan fingerprint density at radius 1 is 0.971 bits per heavy atom.